The number of piperidine rings is 1. The number of aromatic nitrogens is 1. The summed E-state index contributed by atoms with van der Waals surface area (Å²) in [5, 5.41) is 16.3. The van der Waals surface area contributed by atoms with E-state index in [0.717, 1.165) is 17.5 Å². The molecule has 1 aromatic heterocycles. The summed E-state index contributed by atoms with van der Waals surface area (Å²) in [6.45, 7) is 4.47. The first kappa shape index (κ1) is 27.8. The van der Waals surface area contributed by atoms with Crippen molar-refractivity contribution in [2.45, 2.75) is 81.6 Å². The maximum atomic E-state index is 14.3. The summed E-state index contributed by atoms with van der Waals surface area (Å²) in [5.41, 5.74) is 1.87. The lowest BCUT2D eigenvalue weighted by Crippen LogP contribution is -2.71. The predicted octanol–water partition coefficient (Wildman–Crippen LogP) is 2.47. The van der Waals surface area contributed by atoms with E-state index in [1.165, 1.54) is 28.3 Å². The van der Waals surface area contributed by atoms with Crippen LogP contribution in [0.3, 0.4) is 0 Å². The molecule has 2 unspecified atom stereocenters. The van der Waals surface area contributed by atoms with E-state index in [2.05, 4.69) is 46.6 Å². The van der Waals surface area contributed by atoms with Crippen molar-refractivity contribution < 1.29 is 24.2 Å². The molecule has 0 radical (unpaired) electrons. The molecular formula is C34H39N5O5. The Balaban J connectivity index is 1.10. The normalized spacial score (nSPS) is 36.4. The number of piperazine rings is 1. The maximum absolute atomic E-state index is 14.3. The van der Waals surface area contributed by atoms with Gasteiger partial charge in [-0.05, 0) is 69.3 Å². The number of rotatable bonds is 4. The van der Waals surface area contributed by atoms with Crippen molar-refractivity contribution in [3.8, 4) is 0 Å². The van der Waals surface area contributed by atoms with Gasteiger partial charge in [0.25, 0.3) is 11.8 Å². The van der Waals surface area contributed by atoms with Crippen LogP contribution in [0.15, 0.2) is 54.7 Å². The fourth-order valence-corrected chi connectivity index (χ4v) is 8.97. The third kappa shape index (κ3) is 3.80. The summed E-state index contributed by atoms with van der Waals surface area (Å²) in [6, 6.07) is 14.4. The zero-order valence-electron chi connectivity index (χ0n) is 25.4. The minimum Gasteiger partial charge on any atom is -0.361 e. The van der Waals surface area contributed by atoms with Gasteiger partial charge in [-0.25, -0.2) is 0 Å². The molecule has 4 aliphatic heterocycles. The monoisotopic (exact) mass is 597 g/mol. The standard InChI is InChI=1S/C34H39N5O5/c1-32(17-23-22-11-7-12-24-28(22)21(18-35-24)16-25(23)37(3)19-32)30(41)36-33(2)31(42)39-26(15-20-9-5-4-6-10-20)29(40)38-14-8-13-27(38)34(39,43)44-33/h4-7,9-12,18,23,25-27,35,43H,8,13-17,19H2,1-3H3,(H,36,41)/t23?,25-,26+,27+,32-,33-,34?/m1/s1. The summed E-state index contributed by atoms with van der Waals surface area (Å²) >= 11 is 0. The number of likely N-dealkylation sites (tertiary alicyclic amines) is 1. The molecule has 4 fully saturated rings. The Labute approximate surface area is 256 Å². The predicted molar refractivity (Wildman–Crippen MR) is 162 cm³/mol. The highest BCUT2D eigenvalue weighted by Gasteiger charge is 2.70. The van der Waals surface area contributed by atoms with Crippen molar-refractivity contribution >= 4 is 28.6 Å². The first-order chi connectivity index (χ1) is 21.0. The van der Waals surface area contributed by atoms with Gasteiger partial charge in [0, 0.05) is 48.6 Å². The number of aliphatic hydroxyl groups is 1. The van der Waals surface area contributed by atoms with Gasteiger partial charge in [-0.1, -0.05) is 42.5 Å². The average Bonchev–Trinajstić information content (AvgIpc) is 3.70. The van der Waals surface area contributed by atoms with Gasteiger partial charge in [-0.2, -0.15) is 0 Å². The van der Waals surface area contributed by atoms with Crippen molar-refractivity contribution in [1.82, 2.24) is 25.0 Å². The van der Waals surface area contributed by atoms with Crippen LogP contribution < -0.4 is 5.32 Å². The molecule has 4 saturated heterocycles. The Bertz CT molecular complexity index is 1690. The highest BCUT2D eigenvalue weighted by atomic mass is 16.7. The molecular weight excluding hydrogens is 558 g/mol. The smallest absolute Gasteiger partial charge is 0.280 e. The third-order valence-electron chi connectivity index (χ3n) is 11.0. The number of nitrogens with zero attached hydrogens (tertiary/aromatic N) is 3. The number of benzene rings is 2. The van der Waals surface area contributed by atoms with Crippen molar-refractivity contribution in [2.75, 3.05) is 20.1 Å². The molecule has 230 valence electrons. The number of nitrogens with one attached hydrogen (secondary N) is 2. The number of ether oxygens (including phenoxy) is 1. The van der Waals surface area contributed by atoms with Crippen molar-refractivity contribution in [3.05, 3.63) is 71.4 Å². The van der Waals surface area contributed by atoms with Crippen molar-refractivity contribution in [1.29, 1.82) is 0 Å². The minimum absolute atomic E-state index is 0.139. The van der Waals surface area contributed by atoms with Crippen molar-refractivity contribution in [3.63, 3.8) is 0 Å². The maximum Gasteiger partial charge on any atom is 0.280 e. The number of likely N-dealkylation sites (N-methyl/N-ethyl adjacent to an activating group) is 1. The lowest BCUT2D eigenvalue weighted by atomic mass is 9.66. The van der Waals surface area contributed by atoms with E-state index < -0.39 is 35.0 Å². The van der Waals surface area contributed by atoms with E-state index in [1.807, 2.05) is 37.3 Å². The largest absolute Gasteiger partial charge is 0.361 e. The van der Waals surface area contributed by atoms with Crippen LogP contribution >= 0.6 is 0 Å². The summed E-state index contributed by atoms with van der Waals surface area (Å²) < 4.78 is 6.29. The molecule has 0 spiro atoms. The number of fused-ring (bicyclic) bond motifs is 5. The summed E-state index contributed by atoms with van der Waals surface area (Å²) in [5.74, 6) is -3.00. The van der Waals surface area contributed by atoms with Crippen molar-refractivity contribution in [2.24, 2.45) is 5.41 Å². The van der Waals surface area contributed by atoms with E-state index in [0.29, 0.717) is 32.4 Å². The molecule has 0 bridgehead atoms. The van der Waals surface area contributed by atoms with E-state index in [9.17, 15) is 19.5 Å². The highest BCUT2D eigenvalue weighted by molar-refractivity contribution is 5.98. The molecule has 7 atom stereocenters. The quantitative estimate of drug-likeness (QED) is 0.426. The first-order valence-electron chi connectivity index (χ1n) is 15.7. The lowest BCUT2D eigenvalue weighted by molar-refractivity contribution is -0.315. The number of aromatic amines is 1. The van der Waals surface area contributed by atoms with Crippen LogP contribution in [0, 0.1) is 5.41 Å². The third-order valence-corrected chi connectivity index (χ3v) is 11.0. The van der Waals surface area contributed by atoms with Crippen LogP contribution in [-0.4, -0.2) is 92.4 Å². The second-order valence-corrected chi connectivity index (χ2v) is 14.0. The lowest BCUT2D eigenvalue weighted by Gasteiger charge is -2.49. The van der Waals surface area contributed by atoms with Gasteiger partial charge in [-0.15, -0.1) is 0 Å². The second-order valence-electron chi connectivity index (χ2n) is 14.0. The zero-order valence-corrected chi connectivity index (χ0v) is 25.4. The van der Waals surface area contributed by atoms with Gasteiger partial charge < -0.3 is 25.2 Å². The topological polar surface area (TPSA) is 118 Å². The number of hydrogen-bond acceptors (Lipinski definition) is 6. The molecule has 44 heavy (non-hydrogen) atoms. The van der Waals surface area contributed by atoms with Gasteiger partial charge in [0.05, 0.1) is 5.41 Å². The Morgan fingerprint density at radius 2 is 1.93 bits per heavy atom. The van der Waals surface area contributed by atoms with Crippen LogP contribution in [-0.2, 0) is 32.0 Å². The zero-order chi connectivity index (χ0) is 30.6. The minimum atomic E-state index is -2.04. The van der Waals surface area contributed by atoms with E-state index in [-0.39, 0.29) is 30.2 Å². The highest BCUT2D eigenvalue weighted by Crippen LogP contribution is 2.49. The van der Waals surface area contributed by atoms with Crippen LogP contribution in [0.4, 0.5) is 0 Å². The molecule has 3 aromatic rings. The van der Waals surface area contributed by atoms with Gasteiger partial charge in [0.2, 0.25) is 17.5 Å². The van der Waals surface area contributed by atoms with Gasteiger partial charge >= 0.3 is 0 Å². The molecule has 1 aliphatic carbocycles. The van der Waals surface area contributed by atoms with E-state index in [4.69, 9.17) is 4.74 Å². The second kappa shape index (κ2) is 9.39. The summed E-state index contributed by atoms with van der Waals surface area (Å²) in [4.78, 5) is 50.9. The number of hydrogen-bond donors (Lipinski definition) is 3. The number of carbonyl (C=O) groups excluding carboxylic acids is 3. The van der Waals surface area contributed by atoms with Crippen LogP contribution in [0.2, 0.25) is 0 Å². The number of carbonyl (C=O) groups is 3. The van der Waals surface area contributed by atoms with Crippen LogP contribution in [0.1, 0.15) is 55.7 Å². The molecule has 8 rings (SSSR count). The van der Waals surface area contributed by atoms with Gasteiger partial charge in [0.1, 0.15) is 12.1 Å². The molecule has 2 aromatic carbocycles. The number of amides is 3. The molecule has 10 nitrogen and oxygen atoms in total. The Morgan fingerprint density at radius 3 is 2.73 bits per heavy atom. The number of H-pyrrole nitrogens is 1. The molecule has 3 N–H and O–H groups in total. The fourth-order valence-electron chi connectivity index (χ4n) is 8.97. The van der Waals surface area contributed by atoms with Crippen LogP contribution in [0.5, 0.6) is 0 Å². The average molecular weight is 598 g/mol. The molecule has 0 saturated carbocycles. The fraction of sp³-hybridized carbons (Fsp3) is 0.500. The first-order valence-corrected chi connectivity index (χ1v) is 15.7. The van der Waals surface area contributed by atoms with E-state index >= 15 is 0 Å². The SMILES string of the molecule is CN1C[C@](C)(C(=O)N[C@]2(C)OC3(O)[C@@H]4CCCN4C(=O)[C@H](Cc4ccccc4)N3C2=O)CC2c3cccc4[nH]cc(c34)C[C@H]21. The van der Waals surface area contributed by atoms with Gasteiger partial charge in [-0.3, -0.25) is 24.0 Å². The Morgan fingerprint density at radius 1 is 1.14 bits per heavy atom. The molecule has 5 aliphatic rings. The molecule has 3 amide bonds. The summed E-state index contributed by atoms with van der Waals surface area (Å²) in [7, 11) is 2.07. The van der Waals surface area contributed by atoms with E-state index in [1.54, 1.807) is 4.90 Å². The Hall–Kier alpha value is -3.73. The Kier molecular flexibility index (Phi) is 5.93. The molecule has 5 heterocycles. The summed E-state index contributed by atoms with van der Waals surface area (Å²) in [6.07, 6.45) is 5.07. The molecule has 10 heteroatoms. The van der Waals surface area contributed by atoms with Gasteiger partial charge in [0.15, 0.2) is 0 Å². The van der Waals surface area contributed by atoms with Crippen LogP contribution in [0.25, 0.3) is 10.9 Å².